The second-order valence-corrected chi connectivity index (χ2v) is 3.63. The Bertz CT molecular complexity index is 325. The number of carbonyl (C=O) groups excluding carboxylic acids is 1. The van der Waals surface area contributed by atoms with Crippen LogP contribution in [0.15, 0.2) is 18.2 Å². The average Bonchev–Trinajstić information content (AvgIpc) is 2.16. The molecule has 1 aromatic rings. The number of benzene rings is 1. The molecule has 0 aliphatic rings. The van der Waals surface area contributed by atoms with E-state index in [4.69, 9.17) is 11.6 Å². The Morgan fingerprint density at radius 1 is 1.62 bits per heavy atom. The van der Waals surface area contributed by atoms with Gasteiger partial charge in [-0.2, -0.15) is 0 Å². The molecule has 0 aliphatic carbocycles. The van der Waals surface area contributed by atoms with E-state index in [0.29, 0.717) is 10.6 Å². The van der Waals surface area contributed by atoms with Crippen LogP contribution < -0.4 is 0 Å². The van der Waals surface area contributed by atoms with Crippen molar-refractivity contribution in [3.63, 3.8) is 0 Å². The van der Waals surface area contributed by atoms with E-state index in [0.717, 1.165) is 9.99 Å². The van der Waals surface area contributed by atoms with Gasteiger partial charge in [-0.3, -0.25) is 0 Å². The summed E-state index contributed by atoms with van der Waals surface area (Å²) in [5.74, 6) is -0.339. The largest absolute Gasteiger partial charge is 0.465 e. The standard InChI is InChI=1S/C9H8ClIO2/c1-13-9(12)8-4-7(10)3-2-6(8)5-11/h2-4H,5H2,1H3. The van der Waals surface area contributed by atoms with E-state index in [1.54, 1.807) is 12.1 Å². The van der Waals surface area contributed by atoms with Crippen LogP contribution in [0.25, 0.3) is 0 Å². The van der Waals surface area contributed by atoms with Crippen LogP contribution in [-0.4, -0.2) is 13.1 Å². The number of methoxy groups -OCH3 is 1. The molecule has 0 radical (unpaired) electrons. The van der Waals surface area contributed by atoms with Crippen LogP contribution in [0, 0.1) is 0 Å². The molecule has 0 unspecified atom stereocenters. The summed E-state index contributed by atoms with van der Waals surface area (Å²) in [6, 6.07) is 5.23. The lowest BCUT2D eigenvalue weighted by Crippen LogP contribution is -2.04. The summed E-state index contributed by atoms with van der Waals surface area (Å²) >= 11 is 7.95. The van der Waals surface area contributed by atoms with Crippen LogP contribution in [-0.2, 0) is 9.16 Å². The summed E-state index contributed by atoms with van der Waals surface area (Å²) in [7, 11) is 1.36. The maximum Gasteiger partial charge on any atom is 0.338 e. The van der Waals surface area contributed by atoms with Gasteiger partial charge in [0.25, 0.3) is 0 Å². The number of alkyl halides is 1. The van der Waals surface area contributed by atoms with Crippen LogP contribution in [0.4, 0.5) is 0 Å². The van der Waals surface area contributed by atoms with Crippen LogP contribution in [0.2, 0.25) is 5.02 Å². The van der Waals surface area contributed by atoms with Gasteiger partial charge in [-0.15, -0.1) is 0 Å². The maximum absolute atomic E-state index is 11.3. The highest BCUT2D eigenvalue weighted by Crippen LogP contribution is 2.19. The van der Waals surface area contributed by atoms with Crippen molar-refractivity contribution in [3.8, 4) is 0 Å². The summed E-state index contributed by atoms with van der Waals surface area (Å²) < 4.78 is 5.40. The molecule has 0 amide bonds. The lowest BCUT2D eigenvalue weighted by molar-refractivity contribution is 0.0600. The predicted molar refractivity (Wildman–Crippen MR) is 60.5 cm³/mol. The first kappa shape index (κ1) is 10.8. The van der Waals surface area contributed by atoms with Gasteiger partial charge < -0.3 is 4.74 Å². The smallest absolute Gasteiger partial charge is 0.338 e. The molecular weight excluding hydrogens is 302 g/mol. The second-order valence-electron chi connectivity index (χ2n) is 2.43. The van der Waals surface area contributed by atoms with Crippen molar-refractivity contribution in [2.75, 3.05) is 7.11 Å². The van der Waals surface area contributed by atoms with Gasteiger partial charge >= 0.3 is 5.97 Å². The van der Waals surface area contributed by atoms with E-state index in [1.165, 1.54) is 7.11 Å². The zero-order chi connectivity index (χ0) is 9.84. The highest BCUT2D eigenvalue weighted by atomic mass is 127. The molecule has 0 bridgehead atoms. The van der Waals surface area contributed by atoms with Gasteiger partial charge in [0.15, 0.2) is 0 Å². The fraction of sp³-hybridized carbons (Fsp3) is 0.222. The Morgan fingerprint density at radius 3 is 2.85 bits per heavy atom. The van der Waals surface area contributed by atoms with Crippen molar-refractivity contribution in [1.82, 2.24) is 0 Å². The summed E-state index contributed by atoms with van der Waals surface area (Å²) in [6.07, 6.45) is 0. The van der Waals surface area contributed by atoms with E-state index < -0.39 is 0 Å². The number of rotatable bonds is 2. The molecule has 0 spiro atoms. The summed E-state index contributed by atoms with van der Waals surface area (Å²) in [6.45, 7) is 0. The molecule has 13 heavy (non-hydrogen) atoms. The van der Waals surface area contributed by atoms with Crippen molar-refractivity contribution in [2.24, 2.45) is 0 Å². The van der Waals surface area contributed by atoms with Crippen LogP contribution in [0.3, 0.4) is 0 Å². The van der Waals surface area contributed by atoms with Gasteiger partial charge in [0.05, 0.1) is 12.7 Å². The van der Waals surface area contributed by atoms with Crippen molar-refractivity contribution < 1.29 is 9.53 Å². The molecule has 0 saturated heterocycles. The van der Waals surface area contributed by atoms with Gasteiger partial charge in [-0.25, -0.2) is 4.79 Å². The molecule has 1 rings (SSSR count). The van der Waals surface area contributed by atoms with Gasteiger partial charge in [0.2, 0.25) is 0 Å². The summed E-state index contributed by atoms with van der Waals surface area (Å²) in [5.41, 5.74) is 1.49. The van der Waals surface area contributed by atoms with Crippen molar-refractivity contribution >= 4 is 40.2 Å². The van der Waals surface area contributed by atoms with Crippen LogP contribution in [0.1, 0.15) is 15.9 Å². The van der Waals surface area contributed by atoms with Crippen LogP contribution in [0.5, 0.6) is 0 Å². The summed E-state index contributed by atoms with van der Waals surface area (Å²) in [5, 5.41) is 0.550. The SMILES string of the molecule is COC(=O)c1cc(Cl)ccc1CI. The number of ether oxygens (including phenoxy) is 1. The molecule has 0 fully saturated rings. The van der Waals surface area contributed by atoms with Gasteiger partial charge in [0.1, 0.15) is 0 Å². The topological polar surface area (TPSA) is 26.3 Å². The molecule has 4 heteroatoms. The quantitative estimate of drug-likeness (QED) is 0.477. The molecule has 0 aliphatic heterocycles. The van der Waals surface area contributed by atoms with Crippen molar-refractivity contribution in [1.29, 1.82) is 0 Å². The first-order valence-electron chi connectivity index (χ1n) is 3.61. The van der Waals surface area contributed by atoms with Gasteiger partial charge in [-0.05, 0) is 17.7 Å². The molecule has 0 atom stereocenters. The van der Waals surface area contributed by atoms with E-state index in [2.05, 4.69) is 27.3 Å². The lowest BCUT2D eigenvalue weighted by atomic mass is 10.1. The van der Waals surface area contributed by atoms with E-state index in [-0.39, 0.29) is 5.97 Å². The molecule has 0 aromatic heterocycles. The molecule has 2 nitrogen and oxygen atoms in total. The first-order chi connectivity index (χ1) is 6.19. The van der Waals surface area contributed by atoms with Crippen molar-refractivity contribution in [2.45, 2.75) is 4.43 Å². The first-order valence-corrected chi connectivity index (χ1v) is 5.52. The van der Waals surface area contributed by atoms with Gasteiger partial charge in [0, 0.05) is 9.45 Å². The Hall–Kier alpha value is -0.290. The average molecular weight is 311 g/mol. The molecule has 1 aromatic carbocycles. The Morgan fingerprint density at radius 2 is 2.31 bits per heavy atom. The zero-order valence-corrected chi connectivity index (χ0v) is 9.93. The number of hydrogen-bond acceptors (Lipinski definition) is 2. The van der Waals surface area contributed by atoms with Gasteiger partial charge in [-0.1, -0.05) is 40.3 Å². The third-order valence-electron chi connectivity index (χ3n) is 1.62. The number of hydrogen-bond donors (Lipinski definition) is 0. The molecule has 0 heterocycles. The Labute approximate surface area is 95.4 Å². The van der Waals surface area contributed by atoms with Crippen LogP contribution >= 0.6 is 34.2 Å². The lowest BCUT2D eigenvalue weighted by Gasteiger charge is -2.04. The molecular formula is C9H8ClIO2. The Kier molecular flexibility index (Phi) is 3.99. The molecule has 0 saturated carbocycles. The minimum Gasteiger partial charge on any atom is -0.465 e. The monoisotopic (exact) mass is 310 g/mol. The number of halogens is 2. The maximum atomic E-state index is 11.3. The highest BCUT2D eigenvalue weighted by molar-refractivity contribution is 14.1. The van der Waals surface area contributed by atoms with E-state index >= 15 is 0 Å². The second kappa shape index (κ2) is 4.81. The van der Waals surface area contributed by atoms with Crippen molar-refractivity contribution in [3.05, 3.63) is 34.3 Å². The predicted octanol–water partition coefficient (Wildman–Crippen LogP) is 3.06. The normalized spacial score (nSPS) is 9.77. The zero-order valence-electron chi connectivity index (χ0n) is 7.01. The van der Waals surface area contributed by atoms with E-state index in [9.17, 15) is 4.79 Å². The minimum absolute atomic E-state index is 0.339. The summed E-state index contributed by atoms with van der Waals surface area (Å²) in [4.78, 5) is 11.3. The third-order valence-corrected chi connectivity index (χ3v) is 2.68. The Balaban J connectivity index is 3.15. The molecule has 0 N–H and O–H groups in total. The third kappa shape index (κ3) is 2.57. The fourth-order valence-corrected chi connectivity index (χ4v) is 1.80. The highest BCUT2D eigenvalue weighted by Gasteiger charge is 2.10. The van der Waals surface area contributed by atoms with E-state index in [1.807, 2.05) is 6.07 Å². The molecule has 70 valence electrons. The fourth-order valence-electron chi connectivity index (χ4n) is 0.965. The number of carbonyl (C=O) groups is 1. The minimum atomic E-state index is -0.339. The number of esters is 1.